The number of aliphatic hydroxyl groups is 2. The summed E-state index contributed by atoms with van der Waals surface area (Å²) in [5, 5.41) is 31.2. The zero-order valence-electron chi connectivity index (χ0n) is 13.1. The van der Waals surface area contributed by atoms with Gasteiger partial charge in [0.2, 0.25) is 0 Å². The van der Waals surface area contributed by atoms with Gasteiger partial charge in [0.15, 0.2) is 0 Å². The zero-order chi connectivity index (χ0) is 17.8. The molecule has 1 heterocycles. The number of pyridine rings is 1. The first kappa shape index (κ1) is 18.7. The first-order chi connectivity index (χ1) is 10.5. The second-order valence-electron chi connectivity index (χ2n) is 5.90. The number of nitrogens with one attached hydrogen (secondary N) is 1. The number of nitrogens with two attached hydrogens (primary N) is 1. The van der Waals surface area contributed by atoms with Gasteiger partial charge in [-0.25, -0.2) is 14.6 Å². The van der Waals surface area contributed by atoms with Crippen LogP contribution in [0.25, 0.3) is 0 Å². The molecule has 128 valence electrons. The number of ether oxygens (including phenoxy) is 1. The third-order valence-corrected chi connectivity index (χ3v) is 2.73. The number of rotatable bonds is 5. The van der Waals surface area contributed by atoms with E-state index in [0.717, 1.165) is 12.3 Å². The van der Waals surface area contributed by atoms with E-state index in [-0.39, 0.29) is 23.5 Å². The Kier molecular flexibility index (Phi) is 5.88. The Hall–Kier alpha value is -2.39. The highest BCUT2D eigenvalue weighted by molar-refractivity contribution is 5.92. The fourth-order valence-electron chi connectivity index (χ4n) is 1.66. The van der Waals surface area contributed by atoms with Gasteiger partial charge in [0.05, 0.1) is 0 Å². The molecule has 1 rings (SSSR count). The molecule has 0 aromatic carbocycles. The number of amides is 1. The second kappa shape index (κ2) is 7.25. The number of carboxylic acids is 1. The van der Waals surface area contributed by atoms with Crippen molar-refractivity contribution in [3.05, 3.63) is 23.4 Å². The molecule has 0 spiro atoms. The summed E-state index contributed by atoms with van der Waals surface area (Å²) in [6.45, 7) is 4.77. The van der Waals surface area contributed by atoms with Crippen LogP contribution >= 0.6 is 0 Å². The van der Waals surface area contributed by atoms with Gasteiger partial charge in [0.1, 0.15) is 29.2 Å². The number of nitrogen functional groups attached to an aromatic ring is 1. The number of hydrogen-bond acceptors (Lipinski definition) is 7. The molecule has 6 N–H and O–H groups in total. The van der Waals surface area contributed by atoms with E-state index in [1.165, 1.54) is 0 Å². The largest absolute Gasteiger partial charge is 0.478 e. The predicted octanol–water partition coefficient (Wildman–Crippen LogP) is 0.281. The number of carboxylic acid groups (broad SMARTS) is 1. The van der Waals surface area contributed by atoms with Crippen LogP contribution in [0.2, 0.25) is 0 Å². The minimum absolute atomic E-state index is 0.0649. The summed E-state index contributed by atoms with van der Waals surface area (Å²) in [6.07, 6.45) is -2.42. The summed E-state index contributed by atoms with van der Waals surface area (Å²) in [4.78, 5) is 26.1. The normalized spacial score (nSPS) is 14.0. The lowest BCUT2D eigenvalue weighted by Gasteiger charge is -2.22. The maximum absolute atomic E-state index is 11.5. The van der Waals surface area contributed by atoms with E-state index in [1.54, 1.807) is 20.8 Å². The molecule has 0 aliphatic heterocycles. The number of alkyl carbamates (subject to hydrolysis) is 1. The third-order valence-electron chi connectivity index (χ3n) is 2.73. The first-order valence-electron chi connectivity index (χ1n) is 6.83. The molecule has 1 amide bonds. The minimum Gasteiger partial charge on any atom is -0.478 e. The number of aromatic carboxylic acids is 1. The van der Waals surface area contributed by atoms with Gasteiger partial charge < -0.3 is 31.1 Å². The number of carbonyl (C=O) groups is 2. The summed E-state index contributed by atoms with van der Waals surface area (Å²) < 4.78 is 4.99. The van der Waals surface area contributed by atoms with Crippen LogP contribution in [0.4, 0.5) is 10.6 Å². The highest BCUT2D eigenvalue weighted by atomic mass is 16.6. The number of hydrogen-bond donors (Lipinski definition) is 5. The predicted molar refractivity (Wildman–Crippen MR) is 80.8 cm³/mol. The number of nitrogens with zero attached hydrogens (tertiary/aromatic N) is 1. The van der Waals surface area contributed by atoms with Crippen molar-refractivity contribution in [3.8, 4) is 0 Å². The van der Waals surface area contributed by atoms with Crippen LogP contribution in [0.15, 0.2) is 12.3 Å². The number of aromatic nitrogens is 1. The molecule has 0 saturated carbocycles. The monoisotopic (exact) mass is 327 g/mol. The highest BCUT2D eigenvalue weighted by Gasteiger charge is 2.23. The van der Waals surface area contributed by atoms with E-state index in [2.05, 4.69) is 10.3 Å². The van der Waals surface area contributed by atoms with Gasteiger partial charge in [-0.15, -0.1) is 0 Å². The van der Waals surface area contributed by atoms with E-state index in [9.17, 15) is 19.8 Å². The lowest BCUT2D eigenvalue weighted by molar-refractivity contribution is 0.0127. The molecule has 2 atom stereocenters. The Morgan fingerprint density at radius 2 is 2.00 bits per heavy atom. The standard InChI is InChI=1S/C14H21N3O6/c1-14(2,3)23-13(22)17-6-9(18)10(19)7-4-8(12(20)21)11(15)16-5-7/h4-5,9-10,18-19H,6H2,1-3H3,(H2,15,16)(H,17,22)(H,20,21). The van der Waals surface area contributed by atoms with Crippen LogP contribution in [0.5, 0.6) is 0 Å². The summed E-state index contributed by atoms with van der Waals surface area (Å²) in [7, 11) is 0. The molecule has 0 aliphatic carbocycles. The van der Waals surface area contributed by atoms with Gasteiger partial charge in [-0.2, -0.15) is 0 Å². The molecule has 0 bridgehead atoms. The third kappa shape index (κ3) is 5.72. The summed E-state index contributed by atoms with van der Waals surface area (Å²) in [6, 6.07) is 1.12. The van der Waals surface area contributed by atoms with Crippen molar-refractivity contribution in [2.75, 3.05) is 12.3 Å². The van der Waals surface area contributed by atoms with Crippen LogP contribution in [0.1, 0.15) is 42.8 Å². The van der Waals surface area contributed by atoms with Gasteiger partial charge >= 0.3 is 12.1 Å². The van der Waals surface area contributed by atoms with Crippen molar-refractivity contribution < 1.29 is 29.6 Å². The van der Waals surface area contributed by atoms with Crippen molar-refractivity contribution >= 4 is 17.9 Å². The van der Waals surface area contributed by atoms with Crippen molar-refractivity contribution in [2.24, 2.45) is 0 Å². The van der Waals surface area contributed by atoms with E-state index in [0.29, 0.717) is 0 Å². The van der Waals surface area contributed by atoms with E-state index >= 15 is 0 Å². The Balaban J connectivity index is 2.70. The summed E-state index contributed by atoms with van der Waals surface area (Å²) in [5.74, 6) is -1.50. The van der Waals surface area contributed by atoms with Gasteiger partial charge in [-0.1, -0.05) is 0 Å². The Morgan fingerprint density at radius 3 is 2.52 bits per heavy atom. The Bertz CT molecular complexity index is 584. The minimum atomic E-state index is -1.45. The molecule has 1 aromatic heterocycles. The fraction of sp³-hybridized carbons (Fsp3) is 0.500. The molecule has 0 radical (unpaired) electrons. The molecule has 2 unspecified atom stereocenters. The summed E-state index contributed by atoms with van der Waals surface area (Å²) in [5.41, 5.74) is 4.51. The molecule has 9 heteroatoms. The van der Waals surface area contributed by atoms with Gasteiger partial charge in [0.25, 0.3) is 0 Å². The van der Waals surface area contributed by atoms with Crippen LogP contribution in [-0.4, -0.2) is 50.6 Å². The second-order valence-corrected chi connectivity index (χ2v) is 5.90. The average molecular weight is 327 g/mol. The highest BCUT2D eigenvalue weighted by Crippen LogP contribution is 2.20. The molecule has 0 aliphatic rings. The lowest BCUT2D eigenvalue weighted by atomic mass is 10.0. The Morgan fingerprint density at radius 1 is 1.39 bits per heavy atom. The van der Waals surface area contributed by atoms with Crippen LogP contribution in [0.3, 0.4) is 0 Å². The molecule has 23 heavy (non-hydrogen) atoms. The molecule has 1 aromatic rings. The molecule has 0 fully saturated rings. The quantitative estimate of drug-likeness (QED) is 0.516. The Labute approximate surface area is 133 Å². The van der Waals surface area contributed by atoms with Crippen molar-refractivity contribution in [3.63, 3.8) is 0 Å². The van der Waals surface area contributed by atoms with Gasteiger partial charge in [-0.05, 0) is 26.8 Å². The molecule has 0 saturated heterocycles. The number of carbonyl (C=O) groups excluding carboxylic acids is 1. The van der Waals surface area contributed by atoms with E-state index in [4.69, 9.17) is 15.6 Å². The van der Waals surface area contributed by atoms with Crippen molar-refractivity contribution in [1.29, 1.82) is 0 Å². The van der Waals surface area contributed by atoms with Crippen LogP contribution in [-0.2, 0) is 4.74 Å². The lowest BCUT2D eigenvalue weighted by Crippen LogP contribution is -2.38. The van der Waals surface area contributed by atoms with Crippen LogP contribution < -0.4 is 11.1 Å². The average Bonchev–Trinajstić information content (AvgIpc) is 2.42. The molecular formula is C14H21N3O6. The smallest absolute Gasteiger partial charge is 0.407 e. The maximum Gasteiger partial charge on any atom is 0.407 e. The first-order valence-corrected chi connectivity index (χ1v) is 6.83. The van der Waals surface area contributed by atoms with Crippen molar-refractivity contribution in [1.82, 2.24) is 10.3 Å². The molecular weight excluding hydrogens is 306 g/mol. The number of aliphatic hydroxyl groups excluding tert-OH is 2. The fourth-order valence-corrected chi connectivity index (χ4v) is 1.66. The van der Waals surface area contributed by atoms with Crippen LogP contribution in [0, 0.1) is 0 Å². The number of anilines is 1. The van der Waals surface area contributed by atoms with Gasteiger partial charge in [-0.3, -0.25) is 0 Å². The van der Waals surface area contributed by atoms with Crippen molar-refractivity contribution in [2.45, 2.75) is 38.6 Å². The van der Waals surface area contributed by atoms with Gasteiger partial charge in [0, 0.05) is 18.3 Å². The zero-order valence-corrected chi connectivity index (χ0v) is 13.1. The maximum atomic E-state index is 11.5. The van der Waals surface area contributed by atoms with E-state index in [1.807, 2.05) is 0 Å². The topological polar surface area (TPSA) is 155 Å². The van der Waals surface area contributed by atoms with E-state index < -0.39 is 29.9 Å². The summed E-state index contributed by atoms with van der Waals surface area (Å²) >= 11 is 0. The SMILES string of the molecule is CC(C)(C)OC(=O)NCC(O)C(O)c1cnc(N)c(C(=O)O)c1. The molecule has 9 nitrogen and oxygen atoms in total.